The van der Waals surface area contributed by atoms with Crippen LogP contribution in [0.5, 0.6) is 0 Å². The number of aromatic nitrogens is 2. The van der Waals surface area contributed by atoms with E-state index in [1.165, 1.54) is 5.56 Å². The fourth-order valence-electron chi connectivity index (χ4n) is 3.02. The van der Waals surface area contributed by atoms with Crippen LogP contribution in [0.25, 0.3) is 11.5 Å². The van der Waals surface area contributed by atoms with Crippen LogP contribution in [0.3, 0.4) is 0 Å². The lowest BCUT2D eigenvalue weighted by atomic mass is 10.0. The molecule has 6 nitrogen and oxygen atoms in total. The summed E-state index contributed by atoms with van der Waals surface area (Å²) in [6.45, 7) is 8.43. The summed E-state index contributed by atoms with van der Waals surface area (Å²) >= 11 is 0. The second-order valence-corrected chi connectivity index (χ2v) is 7.10. The number of likely N-dealkylation sites (tertiary alicyclic amines) is 1. The average molecular weight is 342 g/mol. The zero-order valence-corrected chi connectivity index (χ0v) is 15.2. The van der Waals surface area contributed by atoms with Gasteiger partial charge in [-0.15, -0.1) is 0 Å². The maximum absolute atomic E-state index is 11.8. The van der Waals surface area contributed by atoms with Gasteiger partial charge in [0.05, 0.1) is 6.54 Å². The van der Waals surface area contributed by atoms with E-state index in [0.717, 1.165) is 31.5 Å². The zero-order valence-electron chi connectivity index (χ0n) is 15.2. The van der Waals surface area contributed by atoms with E-state index in [1.54, 1.807) is 0 Å². The molecule has 1 aromatic carbocycles. The highest BCUT2D eigenvalue weighted by Crippen LogP contribution is 2.19. The molecule has 0 radical (unpaired) electrons. The van der Waals surface area contributed by atoms with Crippen LogP contribution in [0, 0.1) is 12.8 Å². The van der Waals surface area contributed by atoms with Gasteiger partial charge < -0.3 is 9.84 Å². The standard InChI is InChI=1S/C19H26N4O2/c1-13(2)18(24)20-16-7-9-23(10-8-16)12-17-21-19(25-22-17)15-6-4-5-14(3)11-15/h4-6,11,13,16H,7-10,12H2,1-3H3,(H,20,24). The quantitative estimate of drug-likeness (QED) is 0.905. The minimum Gasteiger partial charge on any atom is -0.353 e. The van der Waals surface area contributed by atoms with E-state index in [4.69, 9.17) is 4.52 Å². The lowest BCUT2D eigenvalue weighted by Gasteiger charge is -2.31. The molecule has 0 bridgehead atoms. The van der Waals surface area contributed by atoms with Crippen molar-refractivity contribution in [3.8, 4) is 11.5 Å². The highest BCUT2D eigenvalue weighted by molar-refractivity contribution is 5.78. The van der Waals surface area contributed by atoms with Crippen LogP contribution >= 0.6 is 0 Å². The van der Waals surface area contributed by atoms with Crippen molar-refractivity contribution in [2.45, 2.75) is 46.2 Å². The van der Waals surface area contributed by atoms with E-state index in [-0.39, 0.29) is 17.9 Å². The molecule has 1 fully saturated rings. The number of hydrogen-bond acceptors (Lipinski definition) is 5. The Kier molecular flexibility index (Phi) is 5.48. The van der Waals surface area contributed by atoms with Gasteiger partial charge in [0.15, 0.2) is 5.82 Å². The number of hydrogen-bond donors (Lipinski definition) is 1. The van der Waals surface area contributed by atoms with E-state index < -0.39 is 0 Å². The van der Waals surface area contributed by atoms with Gasteiger partial charge in [-0.05, 0) is 31.9 Å². The largest absolute Gasteiger partial charge is 0.353 e. The number of nitrogens with zero attached hydrogens (tertiary/aromatic N) is 3. The third-order valence-electron chi connectivity index (χ3n) is 4.56. The number of nitrogens with one attached hydrogen (secondary N) is 1. The molecule has 1 aliphatic rings. The van der Waals surface area contributed by atoms with Crippen molar-refractivity contribution >= 4 is 5.91 Å². The van der Waals surface area contributed by atoms with E-state index in [9.17, 15) is 4.79 Å². The Morgan fingerprint density at radius 3 is 2.80 bits per heavy atom. The van der Waals surface area contributed by atoms with Gasteiger partial charge in [0.2, 0.25) is 5.91 Å². The SMILES string of the molecule is Cc1cccc(-c2nc(CN3CCC(NC(=O)C(C)C)CC3)no2)c1. The first-order valence-electron chi connectivity index (χ1n) is 8.93. The third-order valence-corrected chi connectivity index (χ3v) is 4.56. The molecule has 1 saturated heterocycles. The van der Waals surface area contributed by atoms with Gasteiger partial charge in [-0.2, -0.15) is 4.98 Å². The number of carbonyl (C=O) groups excluding carboxylic acids is 1. The lowest BCUT2D eigenvalue weighted by Crippen LogP contribution is -2.45. The minimum absolute atomic E-state index is 0.0393. The summed E-state index contributed by atoms with van der Waals surface area (Å²) in [4.78, 5) is 18.6. The molecule has 0 unspecified atom stereocenters. The van der Waals surface area contributed by atoms with E-state index in [2.05, 4.69) is 20.4 Å². The van der Waals surface area contributed by atoms with Gasteiger partial charge in [0.25, 0.3) is 5.89 Å². The van der Waals surface area contributed by atoms with Crippen LogP contribution in [0.2, 0.25) is 0 Å². The van der Waals surface area contributed by atoms with Gasteiger partial charge in [0, 0.05) is 30.6 Å². The summed E-state index contributed by atoms with van der Waals surface area (Å²) in [5.74, 6) is 1.45. The van der Waals surface area contributed by atoms with Gasteiger partial charge in [0.1, 0.15) is 0 Å². The van der Waals surface area contributed by atoms with E-state index in [1.807, 2.05) is 45.0 Å². The number of benzene rings is 1. The van der Waals surface area contributed by atoms with Crippen LogP contribution in [0.15, 0.2) is 28.8 Å². The van der Waals surface area contributed by atoms with Crippen LogP contribution in [-0.2, 0) is 11.3 Å². The first-order chi connectivity index (χ1) is 12.0. The first kappa shape index (κ1) is 17.6. The van der Waals surface area contributed by atoms with E-state index >= 15 is 0 Å². The molecule has 0 aliphatic carbocycles. The summed E-state index contributed by atoms with van der Waals surface area (Å²) in [7, 11) is 0. The molecule has 0 atom stereocenters. The highest BCUT2D eigenvalue weighted by Gasteiger charge is 2.22. The maximum atomic E-state index is 11.8. The number of rotatable bonds is 5. The second-order valence-electron chi connectivity index (χ2n) is 7.10. The van der Waals surface area contributed by atoms with Crippen LogP contribution in [0.4, 0.5) is 0 Å². The van der Waals surface area contributed by atoms with Crippen molar-refractivity contribution in [2.24, 2.45) is 5.92 Å². The van der Waals surface area contributed by atoms with Crippen molar-refractivity contribution in [3.05, 3.63) is 35.7 Å². The topological polar surface area (TPSA) is 71.3 Å². The highest BCUT2D eigenvalue weighted by atomic mass is 16.5. The van der Waals surface area contributed by atoms with Crippen LogP contribution < -0.4 is 5.32 Å². The fourth-order valence-corrected chi connectivity index (χ4v) is 3.02. The molecule has 0 saturated carbocycles. The van der Waals surface area contributed by atoms with Crippen molar-refractivity contribution in [3.63, 3.8) is 0 Å². The summed E-state index contributed by atoms with van der Waals surface area (Å²) in [5.41, 5.74) is 2.12. The zero-order chi connectivity index (χ0) is 17.8. The normalized spacial score (nSPS) is 16.3. The predicted octanol–water partition coefficient (Wildman–Crippen LogP) is 2.78. The van der Waals surface area contributed by atoms with Crippen molar-refractivity contribution in [2.75, 3.05) is 13.1 Å². The Morgan fingerprint density at radius 2 is 2.12 bits per heavy atom. The monoisotopic (exact) mass is 342 g/mol. The Morgan fingerprint density at radius 1 is 1.36 bits per heavy atom. The van der Waals surface area contributed by atoms with Gasteiger partial charge in [-0.3, -0.25) is 9.69 Å². The molecule has 1 amide bonds. The minimum atomic E-state index is 0.0393. The molecule has 0 spiro atoms. The fraction of sp³-hybridized carbons (Fsp3) is 0.526. The third kappa shape index (κ3) is 4.66. The Balaban J connectivity index is 1.52. The Hall–Kier alpha value is -2.21. The second kappa shape index (κ2) is 7.78. The lowest BCUT2D eigenvalue weighted by molar-refractivity contribution is -0.125. The number of amides is 1. The average Bonchev–Trinajstić information content (AvgIpc) is 3.05. The number of carbonyl (C=O) groups is 1. The molecule has 134 valence electrons. The molecule has 25 heavy (non-hydrogen) atoms. The Labute approximate surface area is 148 Å². The molecule has 2 heterocycles. The van der Waals surface area contributed by atoms with E-state index in [0.29, 0.717) is 18.3 Å². The summed E-state index contributed by atoms with van der Waals surface area (Å²) < 4.78 is 5.40. The molecule has 2 aromatic rings. The van der Waals surface area contributed by atoms with Crippen LogP contribution in [0.1, 0.15) is 38.1 Å². The molecule has 1 aromatic heterocycles. The van der Waals surface area contributed by atoms with Crippen molar-refractivity contribution < 1.29 is 9.32 Å². The van der Waals surface area contributed by atoms with Gasteiger partial charge in [-0.25, -0.2) is 0 Å². The molecular formula is C19H26N4O2. The van der Waals surface area contributed by atoms with Crippen LogP contribution in [-0.4, -0.2) is 40.1 Å². The van der Waals surface area contributed by atoms with Crippen molar-refractivity contribution in [1.82, 2.24) is 20.4 Å². The number of piperidine rings is 1. The van der Waals surface area contributed by atoms with Gasteiger partial charge >= 0.3 is 0 Å². The summed E-state index contributed by atoms with van der Waals surface area (Å²) in [5, 5.41) is 7.23. The van der Waals surface area contributed by atoms with Gasteiger partial charge in [-0.1, -0.05) is 36.7 Å². The summed E-state index contributed by atoms with van der Waals surface area (Å²) in [6, 6.07) is 8.33. The molecule has 1 aliphatic heterocycles. The summed E-state index contributed by atoms with van der Waals surface area (Å²) in [6.07, 6.45) is 1.92. The molecule has 6 heteroatoms. The maximum Gasteiger partial charge on any atom is 0.257 e. The smallest absolute Gasteiger partial charge is 0.257 e. The first-order valence-corrected chi connectivity index (χ1v) is 8.93. The predicted molar refractivity (Wildman–Crippen MR) is 95.8 cm³/mol. The molecule has 3 rings (SSSR count). The Bertz CT molecular complexity index is 718. The number of aryl methyl sites for hydroxylation is 1. The molecular weight excluding hydrogens is 316 g/mol. The molecule has 1 N–H and O–H groups in total. The van der Waals surface area contributed by atoms with Crippen molar-refractivity contribution in [1.29, 1.82) is 0 Å².